The number of hydrogen-bond donors (Lipinski definition) is 6. The summed E-state index contributed by atoms with van der Waals surface area (Å²) in [6.45, 7) is 11.4. The molecule has 1 aromatic carbocycles. The van der Waals surface area contributed by atoms with Crippen molar-refractivity contribution in [3.05, 3.63) is 59.7 Å². The summed E-state index contributed by atoms with van der Waals surface area (Å²) in [5.41, 5.74) is 1.91. The lowest BCUT2D eigenvalue weighted by molar-refractivity contribution is -0.147. The van der Waals surface area contributed by atoms with Crippen molar-refractivity contribution in [2.45, 2.75) is 104 Å². The molecule has 0 unspecified atom stereocenters. The van der Waals surface area contributed by atoms with Gasteiger partial charge in [-0.05, 0) is 38.2 Å². The van der Waals surface area contributed by atoms with Crippen LogP contribution < -0.4 is 21.3 Å². The second kappa shape index (κ2) is 21.0. The molecule has 0 saturated carbocycles. The van der Waals surface area contributed by atoms with Gasteiger partial charge in [0.2, 0.25) is 29.5 Å². The van der Waals surface area contributed by atoms with Crippen molar-refractivity contribution in [2.24, 2.45) is 23.7 Å². The highest BCUT2D eigenvalue weighted by Crippen LogP contribution is 2.19. The number of allylic oxidation sites excluding steroid dienone is 2. The van der Waals surface area contributed by atoms with Gasteiger partial charge in [-0.2, -0.15) is 0 Å². The molecule has 15 heteroatoms. The average molecular weight is 756 g/mol. The number of aliphatic carboxylic acids is 2. The molecule has 1 fully saturated rings. The number of nitrogens with zero attached hydrogens (tertiary/aromatic N) is 1. The lowest BCUT2D eigenvalue weighted by Crippen LogP contribution is -2.58. The third kappa shape index (κ3) is 13.1. The molecule has 5 amide bonds. The Morgan fingerprint density at radius 1 is 0.870 bits per heavy atom. The van der Waals surface area contributed by atoms with E-state index >= 15 is 0 Å². The zero-order valence-corrected chi connectivity index (χ0v) is 32.6. The normalized spacial score (nSPS) is 27.1. The van der Waals surface area contributed by atoms with E-state index in [1.165, 1.54) is 27.8 Å². The summed E-state index contributed by atoms with van der Waals surface area (Å²) in [5.74, 6) is -9.55. The van der Waals surface area contributed by atoms with Crippen molar-refractivity contribution < 1.29 is 48.5 Å². The number of likely N-dealkylation sites (N-methyl/N-ethyl adjacent to an activating group) is 1. The summed E-state index contributed by atoms with van der Waals surface area (Å²) in [6, 6.07) is 3.31. The maximum atomic E-state index is 13.8. The minimum atomic E-state index is -1.71. The van der Waals surface area contributed by atoms with Crippen LogP contribution in [0.1, 0.15) is 66.9 Å². The van der Waals surface area contributed by atoms with E-state index < -0.39 is 89.4 Å². The standard InChI is InChI=1S/C39H57N5O10/c1-21(2)32-37(49)40-28(16-15-22(3)19-23(4)30(54-9)20-27-13-11-10-12-14-27)24(5)34(46)41-29(38(50)51)17-18-31(45)44(8)26(7)36(48)43-33(39(52)53)25(6)35(47)42-32/h10-16,19,21,23-26,28-30,32-33H,17-18,20H2,1-9H3,(H,40,49)(H,41,46)(H,42,47)(H,43,48)(H,50,51)(H,52,53)/b16-15+,22-19+/t23-,24-,25-,26-,28-,29+,30-,32+,33+/m0/s1. The number of hydrogen-bond acceptors (Lipinski definition) is 8. The predicted octanol–water partition coefficient (Wildman–Crippen LogP) is 2.06. The Morgan fingerprint density at radius 3 is 2.04 bits per heavy atom. The molecule has 2 rings (SSSR count). The zero-order chi connectivity index (χ0) is 40.9. The summed E-state index contributed by atoms with van der Waals surface area (Å²) in [7, 11) is 2.94. The van der Waals surface area contributed by atoms with E-state index in [1.807, 2.05) is 50.3 Å². The van der Waals surface area contributed by atoms with Crippen LogP contribution in [-0.4, -0.2) is 107 Å². The van der Waals surface area contributed by atoms with E-state index in [1.54, 1.807) is 33.1 Å². The molecule has 6 N–H and O–H groups in total. The molecular weight excluding hydrogens is 698 g/mol. The van der Waals surface area contributed by atoms with Gasteiger partial charge in [0.25, 0.3) is 0 Å². The summed E-state index contributed by atoms with van der Waals surface area (Å²) < 4.78 is 5.78. The highest BCUT2D eigenvalue weighted by molar-refractivity contribution is 5.95. The van der Waals surface area contributed by atoms with E-state index in [2.05, 4.69) is 21.3 Å². The van der Waals surface area contributed by atoms with Gasteiger partial charge in [-0.3, -0.25) is 24.0 Å². The van der Waals surface area contributed by atoms with E-state index in [0.717, 1.165) is 16.0 Å². The number of benzene rings is 1. The van der Waals surface area contributed by atoms with Crippen LogP contribution in [0.25, 0.3) is 0 Å². The Balaban J connectivity index is 2.54. The Hall–Kier alpha value is -5.05. The molecule has 0 spiro atoms. The number of carbonyl (C=O) groups is 7. The van der Waals surface area contributed by atoms with Crippen LogP contribution in [0, 0.1) is 23.7 Å². The fourth-order valence-corrected chi connectivity index (χ4v) is 5.96. The van der Waals surface area contributed by atoms with Crippen molar-refractivity contribution in [3.63, 3.8) is 0 Å². The van der Waals surface area contributed by atoms with Gasteiger partial charge in [0.1, 0.15) is 24.2 Å². The molecule has 1 aromatic rings. The molecule has 1 saturated heterocycles. The molecule has 0 aromatic heterocycles. The van der Waals surface area contributed by atoms with Crippen molar-refractivity contribution in [2.75, 3.05) is 14.2 Å². The number of amides is 5. The van der Waals surface area contributed by atoms with Gasteiger partial charge in [-0.15, -0.1) is 0 Å². The smallest absolute Gasteiger partial charge is 0.327 e. The van der Waals surface area contributed by atoms with Gasteiger partial charge in [0.05, 0.1) is 24.0 Å². The number of carbonyl (C=O) groups excluding carboxylic acids is 5. The third-order valence-corrected chi connectivity index (χ3v) is 9.86. The molecule has 54 heavy (non-hydrogen) atoms. The predicted molar refractivity (Wildman–Crippen MR) is 201 cm³/mol. The van der Waals surface area contributed by atoms with Crippen molar-refractivity contribution >= 4 is 41.5 Å². The first-order valence-corrected chi connectivity index (χ1v) is 18.1. The Kier molecular flexibility index (Phi) is 17.5. The maximum Gasteiger partial charge on any atom is 0.327 e. The first-order chi connectivity index (χ1) is 25.3. The third-order valence-electron chi connectivity index (χ3n) is 9.86. The first-order valence-electron chi connectivity index (χ1n) is 18.1. The van der Waals surface area contributed by atoms with Crippen LogP contribution in [0.3, 0.4) is 0 Å². The molecule has 1 heterocycles. The fourth-order valence-electron chi connectivity index (χ4n) is 5.96. The number of carboxylic acid groups (broad SMARTS) is 2. The lowest BCUT2D eigenvalue weighted by Gasteiger charge is -2.29. The van der Waals surface area contributed by atoms with Crippen LogP contribution in [0.4, 0.5) is 0 Å². The minimum absolute atomic E-state index is 0.0346. The van der Waals surface area contributed by atoms with Gasteiger partial charge in [-0.25, -0.2) is 9.59 Å². The highest BCUT2D eigenvalue weighted by atomic mass is 16.5. The van der Waals surface area contributed by atoms with E-state index in [0.29, 0.717) is 6.42 Å². The Labute approximate surface area is 317 Å². The quantitative estimate of drug-likeness (QED) is 0.191. The van der Waals surface area contributed by atoms with Gasteiger partial charge >= 0.3 is 11.9 Å². The molecule has 1 aliphatic heterocycles. The van der Waals surface area contributed by atoms with Crippen LogP contribution in [-0.2, 0) is 44.7 Å². The summed E-state index contributed by atoms with van der Waals surface area (Å²) >= 11 is 0. The minimum Gasteiger partial charge on any atom is -0.480 e. The molecule has 0 radical (unpaired) electrons. The largest absolute Gasteiger partial charge is 0.480 e. The van der Waals surface area contributed by atoms with E-state index in [4.69, 9.17) is 4.74 Å². The summed E-state index contributed by atoms with van der Waals surface area (Å²) in [6.07, 6.45) is 5.18. The Bertz CT molecular complexity index is 1560. The topological polar surface area (TPSA) is 221 Å². The first kappa shape index (κ1) is 45.1. The monoisotopic (exact) mass is 755 g/mol. The van der Waals surface area contributed by atoms with Gasteiger partial charge < -0.3 is 41.1 Å². The molecule has 15 nitrogen and oxygen atoms in total. The van der Waals surface area contributed by atoms with E-state index in [-0.39, 0.29) is 24.9 Å². The number of nitrogens with one attached hydrogen (secondary N) is 4. The maximum absolute atomic E-state index is 13.8. The summed E-state index contributed by atoms with van der Waals surface area (Å²) in [5, 5.41) is 30.0. The molecule has 0 bridgehead atoms. The summed E-state index contributed by atoms with van der Waals surface area (Å²) in [4.78, 5) is 92.4. The second-order valence-corrected chi connectivity index (χ2v) is 14.4. The van der Waals surface area contributed by atoms with Crippen LogP contribution in [0.2, 0.25) is 0 Å². The number of methoxy groups -OCH3 is 1. The number of ether oxygens (including phenoxy) is 1. The lowest BCUT2D eigenvalue weighted by atomic mass is 9.94. The van der Waals surface area contributed by atoms with E-state index in [9.17, 15) is 43.8 Å². The number of carboxylic acids is 2. The van der Waals surface area contributed by atoms with Crippen molar-refractivity contribution in [1.29, 1.82) is 0 Å². The number of rotatable bonds is 10. The Morgan fingerprint density at radius 2 is 1.48 bits per heavy atom. The van der Waals surface area contributed by atoms with Gasteiger partial charge in [0.15, 0.2) is 0 Å². The molecular formula is C39H57N5O10. The SMILES string of the molecule is CO[C@@H](Cc1ccccc1)[C@@H](C)/C=C(C)/C=C/[C@@H]1NC(=O)[C@@H](C(C)C)NC(=O)[C@@H](C)[C@H](C(=O)O)NC(=O)[C@H](C)N(C)C(=O)CC[C@H](C(=O)O)NC(=O)[C@H]1C. The average Bonchev–Trinajstić information content (AvgIpc) is 3.12. The molecule has 9 atom stereocenters. The second-order valence-electron chi connectivity index (χ2n) is 14.4. The van der Waals surface area contributed by atoms with Gasteiger partial charge in [0, 0.05) is 26.5 Å². The molecule has 298 valence electrons. The van der Waals surface area contributed by atoms with Crippen LogP contribution in [0.15, 0.2) is 54.1 Å². The molecule has 0 aliphatic carbocycles. The van der Waals surface area contributed by atoms with Crippen LogP contribution >= 0.6 is 0 Å². The highest BCUT2D eigenvalue weighted by Gasteiger charge is 2.37. The zero-order valence-electron chi connectivity index (χ0n) is 32.6. The van der Waals surface area contributed by atoms with Crippen molar-refractivity contribution in [1.82, 2.24) is 26.2 Å². The molecule has 1 aliphatic rings. The van der Waals surface area contributed by atoms with Gasteiger partial charge in [-0.1, -0.05) is 88.8 Å². The van der Waals surface area contributed by atoms with Crippen LogP contribution in [0.5, 0.6) is 0 Å². The fraction of sp³-hybridized carbons (Fsp3) is 0.564. The van der Waals surface area contributed by atoms with Crippen molar-refractivity contribution in [3.8, 4) is 0 Å².